The second-order valence-corrected chi connectivity index (χ2v) is 5.56. The van der Waals surface area contributed by atoms with Gasteiger partial charge in [-0.05, 0) is 24.8 Å². The number of carbonyl (C=O) groups excluding carboxylic acids is 1. The van der Waals surface area contributed by atoms with E-state index in [0.717, 1.165) is 23.4 Å². The Morgan fingerprint density at radius 3 is 2.86 bits per heavy atom. The van der Waals surface area contributed by atoms with E-state index >= 15 is 0 Å². The zero-order valence-electron chi connectivity index (χ0n) is 11.2. The molecule has 0 aliphatic heterocycles. The molecule has 0 bridgehead atoms. The quantitative estimate of drug-likeness (QED) is 0.869. The maximum Gasteiger partial charge on any atom is 0.271 e. The Morgan fingerprint density at radius 2 is 2.29 bits per heavy atom. The fourth-order valence-electron chi connectivity index (χ4n) is 2.01. The van der Waals surface area contributed by atoms with Crippen LogP contribution in [0.3, 0.4) is 0 Å². The summed E-state index contributed by atoms with van der Waals surface area (Å²) in [5.74, 6) is 0.397. The van der Waals surface area contributed by atoms with Crippen LogP contribution in [-0.4, -0.2) is 23.5 Å². The highest BCUT2D eigenvalue weighted by molar-refractivity contribution is 7.13. The predicted octanol–water partition coefficient (Wildman–Crippen LogP) is 2.71. The second kappa shape index (κ2) is 7.79. The van der Waals surface area contributed by atoms with E-state index in [1.165, 1.54) is 11.3 Å². The minimum absolute atomic E-state index is 0. The predicted molar refractivity (Wildman–Crippen MR) is 87.3 cm³/mol. The van der Waals surface area contributed by atoms with Gasteiger partial charge in [0, 0.05) is 23.5 Å². The van der Waals surface area contributed by atoms with Gasteiger partial charge < -0.3 is 15.5 Å². The van der Waals surface area contributed by atoms with Crippen LogP contribution in [0.5, 0.6) is 0 Å². The van der Waals surface area contributed by atoms with Crippen LogP contribution >= 0.6 is 36.2 Å². The molecule has 0 aromatic carbocycles. The molecule has 5 nitrogen and oxygen atoms in total. The average Bonchev–Trinajstić information content (AvgIpc) is 2.95. The standard InChI is InChI=1S/C13H15N3O2S.2ClH/c14-5-10(8-1-2-8)15-12(17)11-7-19-13(16-11)9-3-4-18-6-9;;/h3-4,6-8,10H,1-2,5,14H2,(H,15,17);2*1H. The second-order valence-electron chi connectivity index (χ2n) is 4.70. The molecular weight excluding hydrogens is 333 g/mol. The average molecular weight is 350 g/mol. The molecule has 3 rings (SSSR count). The van der Waals surface area contributed by atoms with Crippen molar-refractivity contribution in [3.05, 3.63) is 29.7 Å². The van der Waals surface area contributed by atoms with E-state index in [4.69, 9.17) is 10.2 Å². The molecule has 0 radical (unpaired) electrons. The summed E-state index contributed by atoms with van der Waals surface area (Å²) in [5.41, 5.74) is 7.01. The number of halogens is 2. The number of hydrogen-bond acceptors (Lipinski definition) is 5. The lowest BCUT2D eigenvalue weighted by atomic mass is 10.2. The molecule has 1 fully saturated rings. The molecule has 21 heavy (non-hydrogen) atoms. The Kier molecular flexibility index (Phi) is 6.67. The SMILES string of the molecule is Cl.Cl.NCC(NC(=O)c1csc(-c2ccoc2)n1)C1CC1. The molecule has 0 saturated heterocycles. The first kappa shape index (κ1) is 18.0. The van der Waals surface area contributed by atoms with Crippen LogP contribution in [0.2, 0.25) is 0 Å². The van der Waals surface area contributed by atoms with E-state index < -0.39 is 0 Å². The van der Waals surface area contributed by atoms with E-state index in [0.29, 0.717) is 18.2 Å². The molecule has 2 heterocycles. The van der Waals surface area contributed by atoms with Crippen molar-refractivity contribution in [2.24, 2.45) is 11.7 Å². The number of amides is 1. The highest BCUT2D eigenvalue weighted by Gasteiger charge is 2.31. The Hall–Kier alpha value is -1.08. The summed E-state index contributed by atoms with van der Waals surface area (Å²) in [5, 5.41) is 5.51. The number of nitrogens with two attached hydrogens (primary N) is 1. The molecular formula is C13H17Cl2N3O2S. The first-order valence-electron chi connectivity index (χ1n) is 6.27. The van der Waals surface area contributed by atoms with Crippen LogP contribution in [0.4, 0.5) is 0 Å². The summed E-state index contributed by atoms with van der Waals surface area (Å²) < 4.78 is 5.01. The van der Waals surface area contributed by atoms with Crippen LogP contribution in [0.25, 0.3) is 10.6 Å². The lowest BCUT2D eigenvalue weighted by Gasteiger charge is -2.14. The van der Waals surface area contributed by atoms with Crippen LogP contribution in [-0.2, 0) is 0 Å². The number of aromatic nitrogens is 1. The zero-order valence-corrected chi connectivity index (χ0v) is 13.6. The van der Waals surface area contributed by atoms with E-state index in [1.54, 1.807) is 17.9 Å². The topological polar surface area (TPSA) is 81.1 Å². The van der Waals surface area contributed by atoms with Crippen molar-refractivity contribution in [1.29, 1.82) is 0 Å². The van der Waals surface area contributed by atoms with Crippen LogP contribution in [0.15, 0.2) is 28.4 Å². The van der Waals surface area contributed by atoms with Gasteiger partial charge in [0.1, 0.15) is 17.0 Å². The number of rotatable bonds is 5. The lowest BCUT2D eigenvalue weighted by molar-refractivity contribution is 0.0929. The van der Waals surface area contributed by atoms with Crippen molar-refractivity contribution >= 4 is 42.1 Å². The first-order valence-corrected chi connectivity index (χ1v) is 7.15. The zero-order chi connectivity index (χ0) is 13.2. The molecule has 2 aromatic rings. The van der Waals surface area contributed by atoms with E-state index in [9.17, 15) is 4.79 Å². The molecule has 116 valence electrons. The summed E-state index contributed by atoms with van der Waals surface area (Å²) in [6.45, 7) is 0.481. The molecule has 2 aromatic heterocycles. The molecule has 1 amide bonds. The summed E-state index contributed by atoms with van der Waals surface area (Å²) in [6.07, 6.45) is 5.51. The fraction of sp³-hybridized carbons (Fsp3) is 0.385. The van der Waals surface area contributed by atoms with Crippen molar-refractivity contribution in [3.8, 4) is 10.6 Å². The van der Waals surface area contributed by atoms with Gasteiger partial charge in [-0.15, -0.1) is 36.2 Å². The highest BCUT2D eigenvalue weighted by Crippen LogP contribution is 2.32. The van der Waals surface area contributed by atoms with E-state index in [1.807, 2.05) is 6.07 Å². The number of nitrogens with one attached hydrogen (secondary N) is 1. The number of hydrogen-bond donors (Lipinski definition) is 2. The Balaban J connectivity index is 0.00000110. The van der Waals surface area contributed by atoms with Crippen molar-refractivity contribution in [3.63, 3.8) is 0 Å². The Morgan fingerprint density at radius 1 is 1.52 bits per heavy atom. The van der Waals surface area contributed by atoms with Gasteiger partial charge in [-0.1, -0.05) is 0 Å². The summed E-state index contributed by atoms with van der Waals surface area (Å²) >= 11 is 1.43. The third-order valence-electron chi connectivity index (χ3n) is 3.27. The monoisotopic (exact) mass is 349 g/mol. The number of thiazole rings is 1. The Bertz CT molecular complexity index is 570. The number of carbonyl (C=O) groups is 1. The lowest BCUT2D eigenvalue weighted by Crippen LogP contribution is -2.41. The largest absolute Gasteiger partial charge is 0.472 e. The van der Waals surface area contributed by atoms with Gasteiger partial charge in [-0.3, -0.25) is 4.79 Å². The minimum atomic E-state index is -0.145. The van der Waals surface area contributed by atoms with Crippen molar-refractivity contribution < 1.29 is 9.21 Å². The summed E-state index contributed by atoms with van der Waals surface area (Å²) in [4.78, 5) is 16.4. The van der Waals surface area contributed by atoms with Gasteiger partial charge in [-0.25, -0.2) is 4.98 Å². The molecule has 3 N–H and O–H groups in total. The fourth-order valence-corrected chi connectivity index (χ4v) is 2.79. The van der Waals surface area contributed by atoms with Gasteiger partial charge in [0.25, 0.3) is 5.91 Å². The molecule has 0 spiro atoms. The number of nitrogens with zero attached hydrogens (tertiary/aromatic N) is 1. The normalized spacial score (nSPS) is 14.7. The molecule has 1 aliphatic rings. The van der Waals surface area contributed by atoms with Crippen molar-refractivity contribution in [2.45, 2.75) is 18.9 Å². The molecule has 1 atom stereocenters. The van der Waals surface area contributed by atoms with Crippen LogP contribution in [0, 0.1) is 5.92 Å². The maximum absolute atomic E-state index is 12.1. The summed E-state index contributed by atoms with van der Waals surface area (Å²) in [6, 6.07) is 1.90. The third-order valence-corrected chi connectivity index (χ3v) is 4.16. The molecule has 8 heteroatoms. The summed E-state index contributed by atoms with van der Waals surface area (Å²) in [7, 11) is 0. The molecule has 1 unspecified atom stereocenters. The smallest absolute Gasteiger partial charge is 0.271 e. The van der Waals surface area contributed by atoms with Gasteiger partial charge in [0.2, 0.25) is 0 Å². The number of furan rings is 1. The van der Waals surface area contributed by atoms with Crippen LogP contribution < -0.4 is 11.1 Å². The Labute approximate surface area is 139 Å². The van der Waals surface area contributed by atoms with E-state index in [2.05, 4.69) is 10.3 Å². The molecule has 1 aliphatic carbocycles. The first-order chi connectivity index (χ1) is 9.28. The molecule has 1 saturated carbocycles. The third kappa shape index (κ3) is 4.20. The van der Waals surface area contributed by atoms with Crippen LogP contribution in [0.1, 0.15) is 23.3 Å². The highest BCUT2D eigenvalue weighted by atomic mass is 35.5. The van der Waals surface area contributed by atoms with Crippen molar-refractivity contribution in [2.75, 3.05) is 6.54 Å². The maximum atomic E-state index is 12.1. The van der Waals surface area contributed by atoms with Gasteiger partial charge in [-0.2, -0.15) is 0 Å². The minimum Gasteiger partial charge on any atom is -0.472 e. The van der Waals surface area contributed by atoms with Gasteiger partial charge in [0.05, 0.1) is 6.26 Å². The van der Waals surface area contributed by atoms with E-state index in [-0.39, 0.29) is 36.8 Å². The van der Waals surface area contributed by atoms with Gasteiger partial charge >= 0.3 is 0 Å². The van der Waals surface area contributed by atoms with Crippen molar-refractivity contribution in [1.82, 2.24) is 10.3 Å². The van der Waals surface area contributed by atoms with Gasteiger partial charge in [0.15, 0.2) is 0 Å².